The van der Waals surface area contributed by atoms with Crippen LogP contribution in [0.2, 0.25) is 0 Å². The van der Waals surface area contributed by atoms with Crippen LogP contribution in [0.5, 0.6) is 0 Å². The Morgan fingerprint density at radius 2 is 1.96 bits per heavy atom. The zero-order valence-corrected chi connectivity index (χ0v) is 14.3. The quantitative estimate of drug-likeness (QED) is 0.877. The summed E-state index contributed by atoms with van der Waals surface area (Å²) >= 11 is 3.30. The Morgan fingerprint density at radius 1 is 1.21 bits per heavy atom. The van der Waals surface area contributed by atoms with Gasteiger partial charge in [-0.15, -0.1) is 0 Å². The van der Waals surface area contributed by atoms with Crippen LogP contribution in [-0.4, -0.2) is 18.4 Å². The number of anilines is 2. The lowest BCUT2D eigenvalue weighted by Crippen LogP contribution is -2.23. The van der Waals surface area contributed by atoms with Crippen LogP contribution in [0.3, 0.4) is 0 Å². The number of halogens is 1. The molecule has 1 saturated heterocycles. The lowest BCUT2D eigenvalue weighted by Gasteiger charge is -2.16. The van der Waals surface area contributed by atoms with Gasteiger partial charge in [0.2, 0.25) is 5.91 Å². The van der Waals surface area contributed by atoms with Gasteiger partial charge < -0.3 is 10.2 Å². The van der Waals surface area contributed by atoms with E-state index in [1.807, 2.05) is 0 Å². The van der Waals surface area contributed by atoms with Gasteiger partial charge in [0.1, 0.15) is 6.07 Å². The van der Waals surface area contributed by atoms with Crippen molar-refractivity contribution in [2.45, 2.75) is 12.8 Å². The van der Waals surface area contributed by atoms with Gasteiger partial charge in [-0.25, -0.2) is 0 Å². The summed E-state index contributed by atoms with van der Waals surface area (Å²) in [6.45, 7) is 0.717. The summed E-state index contributed by atoms with van der Waals surface area (Å²) in [6.07, 6.45) is 1.43. The highest BCUT2D eigenvalue weighted by atomic mass is 79.9. The zero-order valence-electron chi connectivity index (χ0n) is 12.8. The van der Waals surface area contributed by atoms with Crippen molar-refractivity contribution in [2.24, 2.45) is 0 Å². The minimum atomic E-state index is -0.298. The van der Waals surface area contributed by atoms with E-state index >= 15 is 0 Å². The molecule has 1 heterocycles. The molecule has 6 heteroatoms. The summed E-state index contributed by atoms with van der Waals surface area (Å²) in [7, 11) is 0. The van der Waals surface area contributed by atoms with E-state index in [9.17, 15) is 9.59 Å². The molecule has 1 aliphatic heterocycles. The van der Waals surface area contributed by atoms with E-state index in [-0.39, 0.29) is 11.8 Å². The molecule has 2 aromatic rings. The van der Waals surface area contributed by atoms with Gasteiger partial charge in [-0.2, -0.15) is 5.26 Å². The topological polar surface area (TPSA) is 73.2 Å². The molecule has 0 bridgehead atoms. The lowest BCUT2D eigenvalue weighted by molar-refractivity contribution is -0.117. The molecule has 3 rings (SSSR count). The Morgan fingerprint density at radius 3 is 2.58 bits per heavy atom. The van der Waals surface area contributed by atoms with E-state index in [2.05, 4.69) is 27.3 Å². The van der Waals surface area contributed by atoms with Gasteiger partial charge in [-0.3, -0.25) is 9.59 Å². The molecule has 0 unspecified atom stereocenters. The van der Waals surface area contributed by atoms with E-state index in [1.54, 1.807) is 47.4 Å². The third-order valence-corrected chi connectivity index (χ3v) is 4.36. The molecule has 0 atom stereocenters. The standard InChI is InChI=1S/C18H14BrN3O2/c19-14-5-8-16(13(10-14)11-20)21-18(24)12-3-6-15(7-4-12)22-9-1-2-17(22)23/h3-8,10H,1-2,9H2,(H,21,24). The maximum atomic E-state index is 12.4. The number of benzene rings is 2. The SMILES string of the molecule is N#Cc1cc(Br)ccc1NC(=O)c1ccc(N2CCCC2=O)cc1. The van der Waals surface area contributed by atoms with Crippen LogP contribution >= 0.6 is 15.9 Å². The number of hydrogen-bond acceptors (Lipinski definition) is 3. The third-order valence-electron chi connectivity index (χ3n) is 3.86. The molecule has 0 radical (unpaired) electrons. The van der Waals surface area contributed by atoms with Crippen LogP contribution in [0.1, 0.15) is 28.8 Å². The molecule has 2 amide bonds. The van der Waals surface area contributed by atoms with Crippen LogP contribution in [0.25, 0.3) is 0 Å². The predicted octanol–water partition coefficient (Wildman–Crippen LogP) is 3.70. The second-order valence-corrected chi connectivity index (χ2v) is 6.37. The fourth-order valence-electron chi connectivity index (χ4n) is 2.63. The largest absolute Gasteiger partial charge is 0.321 e. The maximum Gasteiger partial charge on any atom is 0.255 e. The van der Waals surface area contributed by atoms with Crippen molar-refractivity contribution in [1.82, 2.24) is 0 Å². The third kappa shape index (κ3) is 3.31. The van der Waals surface area contributed by atoms with Gasteiger partial charge in [-0.1, -0.05) is 15.9 Å². The van der Waals surface area contributed by atoms with Crippen LogP contribution in [0.15, 0.2) is 46.9 Å². The van der Waals surface area contributed by atoms with E-state index in [4.69, 9.17) is 5.26 Å². The van der Waals surface area contributed by atoms with Crippen molar-refractivity contribution < 1.29 is 9.59 Å². The average molecular weight is 384 g/mol. The summed E-state index contributed by atoms with van der Waals surface area (Å²) in [6, 6.07) is 14.0. The number of hydrogen-bond donors (Lipinski definition) is 1. The first-order chi connectivity index (χ1) is 11.6. The highest BCUT2D eigenvalue weighted by Crippen LogP contribution is 2.23. The van der Waals surface area contributed by atoms with E-state index in [0.717, 1.165) is 23.1 Å². The van der Waals surface area contributed by atoms with E-state index < -0.39 is 0 Å². The summed E-state index contributed by atoms with van der Waals surface area (Å²) in [5.41, 5.74) is 2.12. The van der Waals surface area contributed by atoms with Gasteiger partial charge in [0.25, 0.3) is 5.91 Å². The summed E-state index contributed by atoms with van der Waals surface area (Å²) < 4.78 is 0.775. The molecule has 1 N–H and O–H groups in total. The minimum Gasteiger partial charge on any atom is -0.321 e. The summed E-state index contributed by atoms with van der Waals surface area (Å²) in [4.78, 5) is 25.8. The molecule has 120 valence electrons. The zero-order chi connectivity index (χ0) is 17.1. The molecule has 1 aliphatic rings. The Bertz CT molecular complexity index is 840. The molecule has 0 spiro atoms. The van der Waals surface area contributed by atoms with Crippen LogP contribution < -0.4 is 10.2 Å². The second kappa shape index (κ2) is 6.85. The van der Waals surface area contributed by atoms with Crippen molar-refractivity contribution in [2.75, 3.05) is 16.8 Å². The highest BCUT2D eigenvalue weighted by molar-refractivity contribution is 9.10. The smallest absolute Gasteiger partial charge is 0.255 e. The second-order valence-electron chi connectivity index (χ2n) is 5.45. The van der Waals surface area contributed by atoms with Gasteiger partial charge in [0.05, 0.1) is 11.3 Å². The number of carbonyl (C=O) groups is 2. The Kier molecular flexibility index (Phi) is 4.63. The maximum absolute atomic E-state index is 12.4. The minimum absolute atomic E-state index is 0.112. The molecular weight excluding hydrogens is 370 g/mol. The predicted molar refractivity (Wildman–Crippen MR) is 94.8 cm³/mol. The fraction of sp³-hybridized carbons (Fsp3) is 0.167. The molecule has 24 heavy (non-hydrogen) atoms. The number of carbonyl (C=O) groups excluding carboxylic acids is 2. The van der Waals surface area contributed by atoms with Crippen molar-refractivity contribution in [3.05, 3.63) is 58.1 Å². The van der Waals surface area contributed by atoms with Crippen LogP contribution in [0, 0.1) is 11.3 Å². The summed E-state index contributed by atoms with van der Waals surface area (Å²) in [5, 5.41) is 11.9. The van der Waals surface area contributed by atoms with Gasteiger partial charge >= 0.3 is 0 Å². The number of nitrogens with zero attached hydrogens (tertiary/aromatic N) is 2. The first kappa shape index (κ1) is 16.2. The Labute approximate surface area is 148 Å². The molecule has 5 nitrogen and oxygen atoms in total. The van der Waals surface area contributed by atoms with Crippen molar-refractivity contribution in [1.29, 1.82) is 5.26 Å². The molecule has 0 aromatic heterocycles. The van der Waals surface area contributed by atoms with E-state index in [1.165, 1.54) is 0 Å². The Balaban J connectivity index is 1.76. The lowest BCUT2D eigenvalue weighted by atomic mass is 10.1. The van der Waals surface area contributed by atoms with Gasteiger partial charge in [0.15, 0.2) is 0 Å². The van der Waals surface area contributed by atoms with Crippen LogP contribution in [-0.2, 0) is 4.79 Å². The van der Waals surface area contributed by atoms with Gasteiger partial charge in [-0.05, 0) is 48.9 Å². The molecule has 0 saturated carbocycles. The van der Waals surface area contributed by atoms with Crippen molar-refractivity contribution >= 4 is 39.1 Å². The normalized spacial score (nSPS) is 13.7. The highest BCUT2D eigenvalue weighted by Gasteiger charge is 2.21. The number of nitriles is 1. The van der Waals surface area contributed by atoms with Gasteiger partial charge in [0, 0.05) is 28.7 Å². The molecular formula is C18H14BrN3O2. The number of amides is 2. The Hall–Kier alpha value is -2.65. The fourth-order valence-corrected chi connectivity index (χ4v) is 2.99. The van der Waals surface area contributed by atoms with E-state index in [0.29, 0.717) is 23.2 Å². The van der Waals surface area contributed by atoms with Crippen molar-refractivity contribution in [3.63, 3.8) is 0 Å². The van der Waals surface area contributed by atoms with Crippen molar-refractivity contribution in [3.8, 4) is 6.07 Å². The molecule has 0 aliphatic carbocycles. The molecule has 1 fully saturated rings. The number of nitrogens with one attached hydrogen (secondary N) is 1. The first-order valence-corrected chi connectivity index (χ1v) is 8.29. The average Bonchev–Trinajstić information content (AvgIpc) is 3.02. The molecule has 2 aromatic carbocycles. The number of rotatable bonds is 3. The van der Waals surface area contributed by atoms with Crippen LogP contribution in [0.4, 0.5) is 11.4 Å². The monoisotopic (exact) mass is 383 g/mol. The first-order valence-electron chi connectivity index (χ1n) is 7.50. The summed E-state index contributed by atoms with van der Waals surface area (Å²) in [5.74, 6) is -0.186.